The van der Waals surface area contributed by atoms with Gasteiger partial charge in [0.15, 0.2) is 0 Å². The van der Waals surface area contributed by atoms with Crippen LogP contribution in [0.3, 0.4) is 0 Å². The average molecular weight is 391 g/mol. The monoisotopic (exact) mass is 390 g/mol. The van der Waals surface area contributed by atoms with E-state index in [2.05, 4.69) is 13.8 Å². The number of aromatic carboxylic acids is 1. The average Bonchev–Trinajstić information content (AvgIpc) is 2.69. The van der Waals surface area contributed by atoms with Crippen LogP contribution in [0.25, 0.3) is 0 Å². The fourth-order valence-electron chi connectivity index (χ4n) is 3.45. The van der Waals surface area contributed by atoms with E-state index in [1.165, 1.54) is 44.9 Å². The van der Waals surface area contributed by atoms with Crippen LogP contribution in [0.4, 0.5) is 0 Å². The Morgan fingerprint density at radius 1 is 0.821 bits per heavy atom. The van der Waals surface area contributed by atoms with Gasteiger partial charge >= 0.3 is 11.9 Å². The maximum Gasteiger partial charge on any atom is 0.339 e. The van der Waals surface area contributed by atoms with Crippen LogP contribution < -0.4 is 0 Å². The minimum absolute atomic E-state index is 0.115. The van der Waals surface area contributed by atoms with E-state index in [0.29, 0.717) is 13.0 Å². The Morgan fingerprint density at radius 3 is 2.00 bits per heavy atom. The van der Waals surface area contributed by atoms with E-state index in [1.807, 2.05) is 6.07 Å². The Hall–Kier alpha value is -1.84. The number of carboxylic acid groups (broad SMARTS) is 1. The molecule has 0 fully saturated rings. The van der Waals surface area contributed by atoms with Gasteiger partial charge in [-0.1, -0.05) is 90.2 Å². The summed E-state index contributed by atoms with van der Waals surface area (Å²) in [6.07, 6.45) is 14.3. The zero-order chi connectivity index (χ0) is 20.6. The molecule has 1 N–H and O–H groups in total. The molecule has 28 heavy (non-hydrogen) atoms. The van der Waals surface area contributed by atoms with Gasteiger partial charge in [-0.2, -0.15) is 0 Å². The lowest BCUT2D eigenvalue weighted by molar-refractivity contribution is 0.0487. The number of hydrogen-bond donors (Lipinski definition) is 1. The number of esters is 1. The van der Waals surface area contributed by atoms with Crippen molar-refractivity contribution in [1.29, 1.82) is 0 Å². The van der Waals surface area contributed by atoms with Crippen molar-refractivity contribution >= 4 is 11.9 Å². The van der Waals surface area contributed by atoms with Gasteiger partial charge in [0.1, 0.15) is 0 Å². The van der Waals surface area contributed by atoms with Crippen LogP contribution in [-0.4, -0.2) is 23.7 Å². The first-order chi connectivity index (χ1) is 13.6. The van der Waals surface area contributed by atoms with E-state index in [1.54, 1.807) is 12.1 Å². The number of hydrogen-bond acceptors (Lipinski definition) is 3. The number of carbonyl (C=O) groups excluding carboxylic acids is 1. The molecule has 4 nitrogen and oxygen atoms in total. The summed E-state index contributed by atoms with van der Waals surface area (Å²) in [6, 6.07) is 5.15. The van der Waals surface area contributed by atoms with Gasteiger partial charge in [0, 0.05) is 0 Å². The molecule has 0 bridgehead atoms. The maximum absolute atomic E-state index is 12.4. The van der Waals surface area contributed by atoms with E-state index in [9.17, 15) is 14.7 Å². The Labute approximate surface area is 170 Å². The highest BCUT2D eigenvalue weighted by molar-refractivity contribution is 6.03. The van der Waals surface area contributed by atoms with E-state index in [-0.39, 0.29) is 11.1 Å². The third-order valence-electron chi connectivity index (χ3n) is 5.12. The lowest BCUT2D eigenvalue weighted by Gasteiger charge is -2.12. The Balaban J connectivity index is 2.55. The zero-order valence-corrected chi connectivity index (χ0v) is 17.8. The predicted molar refractivity (Wildman–Crippen MR) is 114 cm³/mol. The van der Waals surface area contributed by atoms with Crippen molar-refractivity contribution < 1.29 is 19.4 Å². The van der Waals surface area contributed by atoms with Gasteiger partial charge in [0.2, 0.25) is 0 Å². The van der Waals surface area contributed by atoms with Crippen LogP contribution in [0.15, 0.2) is 18.2 Å². The van der Waals surface area contributed by atoms with E-state index < -0.39 is 11.9 Å². The molecule has 0 aliphatic heterocycles. The van der Waals surface area contributed by atoms with Crippen molar-refractivity contribution in [1.82, 2.24) is 0 Å². The lowest BCUT2D eigenvalue weighted by Crippen LogP contribution is -2.15. The van der Waals surface area contributed by atoms with Crippen molar-refractivity contribution in [2.75, 3.05) is 6.61 Å². The number of ether oxygens (including phenoxy) is 1. The number of carbonyl (C=O) groups is 2. The number of aryl methyl sites for hydroxylation is 1. The van der Waals surface area contributed by atoms with Gasteiger partial charge in [-0.05, 0) is 30.9 Å². The molecule has 0 aromatic heterocycles. The normalized spacial score (nSPS) is 10.8. The molecule has 0 aliphatic rings. The molecule has 0 amide bonds. The molecular formula is C24H38O4. The summed E-state index contributed by atoms with van der Waals surface area (Å²) < 4.78 is 5.35. The smallest absolute Gasteiger partial charge is 0.339 e. The Morgan fingerprint density at radius 2 is 1.39 bits per heavy atom. The van der Waals surface area contributed by atoms with Crippen LogP contribution in [0, 0.1) is 0 Å². The minimum Gasteiger partial charge on any atom is -0.478 e. The molecule has 0 saturated carbocycles. The van der Waals surface area contributed by atoms with Gasteiger partial charge in [-0.3, -0.25) is 0 Å². The quantitative estimate of drug-likeness (QED) is 0.249. The largest absolute Gasteiger partial charge is 0.478 e. The van der Waals surface area contributed by atoms with Crippen LogP contribution in [-0.2, 0) is 11.2 Å². The molecule has 1 rings (SSSR count). The summed E-state index contributed by atoms with van der Waals surface area (Å²) in [7, 11) is 0. The number of unbranched alkanes of at least 4 members (excludes halogenated alkanes) is 10. The summed E-state index contributed by atoms with van der Waals surface area (Å²) in [5.41, 5.74) is 1.03. The minimum atomic E-state index is -1.05. The highest BCUT2D eigenvalue weighted by Gasteiger charge is 2.21. The van der Waals surface area contributed by atoms with Gasteiger partial charge in [0.05, 0.1) is 17.7 Å². The molecule has 0 unspecified atom stereocenters. The van der Waals surface area contributed by atoms with Crippen molar-refractivity contribution in [3.05, 3.63) is 34.9 Å². The second-order valence-electron chi connectivity index (χ2n) is 7.57. The molecule has 4 heteroatoms. The molecule has 0 saturated heterocycles. The fraction of sp³-hybridized carbons (Fsp3) is 0.667. The molecule has 158 valence electrons. The van der Waals surface area contributed by atoms with Gasteiger partial charge in [-0.25, -0.2) is 9.59 Å². The molecule has 1 aromatic rings. The number of benzene rings is 1. The summed E-state index contributed by atoms with van der Waals surface area (Å²) >= 11 is 0. The van der Waals surface area contributed by atoms with Crippen molar-refractivity contribution in [2.45, 2.75) is 97.3 Å². The number of carboxylic acids is 1. The van der Waals surface area contributed by atoms with Crippen LogP contribution >= 0.6 is 0 Å². The molecule has 0 radical (unpaired) electrons. The molecule has 0 atom stereocenters. The lowest BCUT2D eigenvalue weighted by atomic mass is 9.96. The zero-order valence-electron chi connectivity index (χ0n) is 17.8. The fourth-order valence-corrected chi connectivity index (χ4v) is 3.45. The summed E-state index contributed by atoms with van der Waals surface area (Å²) in [5.74, 6) is -1.57. The van der Waals surface area contributed by atoms with E-state index >= 15 is 0 Å². The molecule has 0 aliphatic carbocycles. The second kappa shape index (κ2) is 15.1. The summed E-state index contributed by atoms with van der Waals surface area (Å²) in [5, 5.41) is 9.65. The van der Waals surface area contributed by atoms with Crippen LogP contribution in [0.5, 0.6) is 0 Å². The predicted octanol–water partition coefficient (Wildman–Crippen LogP) is 6.81. The Bertz CT molecular complexity index is 580. The summed E-state index contributed by atoms with van der Waals surface area (Å²) in [4.78, 5) is 24.2. The SMILES string of the molecule is CCCCCCCCOC(=O)c1cccc(CCCCCCCC)c1C(=O)O. The van der Waals surface area contributed by atoms with E-state index in [4.69, 9.17) is 4.74 Å². The molecule has 0 spiro atoms. The van der Waals surface area contributed by atoms with Gasteiger partial charge < -0.3 is 9.84 Å². The van der Waals surface area contributed by atoms with Crippen molar-refractivity contribution in [2.24, 2.45) is 0 Å². The number of rotatable bonds is 16. The molecule has 1 aromatic carbocycles. The van der Waals surface area contributed by atoms with Crippen LogP contribution in [0.2, 0.25) is 0 Å². The highest BCUT2D eigenvalue weighted by Crippen LogP contribution is 2.20. The second-order valence-corrected chi connectivity index (χ2v) is 7.57. The van der Waals surface area contributed by atoms with Crippen molar-refractivity contribution in [3.63, 3.8) is 0 Å². The standard InChI is InChI=1S/C24H38O4/c1-3-5-7-9-11-13-16-20-17-15-18-21(22(20)23(25)26)24(27)28-19-14-12-10-8-6-4-2/h15,17-18H,3-14,16,19H2,1-2H3,(H,25,26). The van der Waals surface area contributed by atoms with E-state index in [0.717, 1.165) is 37.7 Å². The summed E-state index contributed by atoms with van der Waals surface area (Å²) in [6.45, 7) is 4.73. The van der Waals surface area contributed by atoms with Crippen molar-refractivity contribution in [3.8, 4) is 0 Å². The highest BCUT2D eigenvalue weighted by atomic mass is 16.5. The molecule has 0 heterocycles. The first-order valence-corrected chi connectivity index (χ1v) is 11.1. The third kappa shape index (κ3) is 9.38. The van der Waals surface area contributed by atoms with Gasteiger partial charge in [-0.15, -0.1) is 0 Å². The van der Waals surface area contributed by atoms with Gasteiger partial charge in [0.25, 0.3) is 0 Å². The first kappa shape index (κ1) is 24.2. The maximum atomic E-state index is 12.4. The third-order valence-corrected chi connectivity index (χ3v) is 5.12. The first-order valence-electron chi connectivity index (χ1n) is 11.1. The van der Waals surface area contributed by atoms with Crippen LogP contribution in [0.1, 0.15) is 117 Å². The molecular weight excluding hydrogens is 352 g/mol. The topological polar surface area (TPSA) is 63.6 Å². The Kier molecular flexibility index (Phi) is 13.1.